The summed E-state index contributed by atoms with van der Waals surface area (Å²) in [7, 11) is -2.19. The first-order valence-corrected chi connectivity index (χ1v) is 13.2. The van der Waals surface area contributed by atoms with Gasteiger partial charge in [-0.05, 0) is 45.6 Å². The lowest BCUT2D eigenvalue weighted by Crippen LogP contribution is -2.48. The Morgan fingerprint density at radius 1 is 1.24 bits per heavy atom. The molecular weight excluding hydrogens is 458 g/mol. The number of hydrogen-bond acceptors (Lipinski definition) is 7. The molecular formula is C24H33N3O6S. The summed E-state index contributed by atoms with van der Waals surface area (Å²) in [4.78, 5) is 15.7. The molecule has 1 amide bonds. The maximum absolute atomic E-state index is 13.8. The van der Waals surface area contributed by atoms with E-state index in [0.29, 0.717) is 44.8 Å². The summed E-state index contributed by atoms with van der Waals surface area (Å²) >= 11 is 0. The Balaban J connectivity index is 1.55. The zero-order valence-electron chi connectivity index (χ0n) is 20.0. The van der Waals surface area contributed by atoms with Gasteiger partial charge >= 0.3 is 0 Å². The predicted molar refractivity (Wildman–Crippen MR) is 125 cm³/mol. The predicted octanol–water partition coefficient (Wildman–Crippen LogP) is 2.91. The highest BCUT2D eigenvalue weighted by molar-refractivity contribution is 7.89. The van der Waals surface area contributed by atoms with Crippen LogP contribution in [0.25, 0.3) is 0 Å². The fourth-order valence-corrected chi connectivity index (χ4v) is 6.71. The van der Waals surface area contributed by atoms with Gasteiger partial charge in [0.1, 0.15) is 16.3 Å². The third kappa shape index (κ3) is 5.13. The molecule has 0 aliphatic carbocycles. The summed E-state index contributed by atoms with van der Waals surface area (Å²) in [5.41, 5.74) is 1.24. The number of methoxy groups -OCH3 is 1. The van der Waals surface area contributed by atoms with E-state index >= 15 is 0 Å². The largest absolute Gasteiger partial charge is 0.496 e. The lowest BCUT2D eigenvalue weighted by atomic mass is 9.97. The van der Waals surface area contributed by atoms with Gasteiger partial charge in [0, 0.05) is 38.3 Å². The van der Waals surface area contributed by atoms with Gasteiger partial charge in [-0.25, -0.2) is 8.42 Å². The van der Waals surface area contributed by atoms with Crippen LogP contribution in [0.5, 0.6) is 5.75 Å². The molecule has 10 heteroatoms. The molecule has 0 bridgehead atoms. The topological polar surface area (TPSA) is 102 Å². The van der Waals surface area contributed by atoms with Crippen LogP contribution in [-0.4, -0.2) is 68.1 Å². The molecule has 9 nitrogen and oxygen atoms in total. The van der Waals surface area contributed by atoms with Gasteiger partial charge in [0.15, 0.2) is 5.76 Å². The van der Waals surface area contributed by atoms with E-state index in [1.54, 1.807) is 21.0 Å². The van der Waals surface area contributed by atoms with Crippen LogP contribution < -0.4 is 4.74 Å². The number of para-hydroxylation sites is 1. The van der Waals surface area contributed by atoms with E-state index in [9.17, 15) is 13.2 Å². The summed E-state index contributed by atoms with van der Waals surface area (Å²) in [6.07, 6.45) is 3.13. The maximum Gasteiger partial charge on any atom is 0.248 e. The summed E-state index contributed by atoms with van der Waals surface area (Å²) in [5, 5.41) is 3.80. The summed E-state index contributed by atoms with van der Waals surface area (Å²) in [5.74, 6) is 0.501. The quantitative estimate of drug-likeness (QED) is 0.559. The maximum atomic E-state index is 13.8. The molecule has 0 spiro atoms. The Morgan fingerprint density at radius 3 is 2.71 bits per heavy atom. The third-order valence-corrected chi connectivity index (χ3v) is 8.72. The second-order valence-corrected chi connectivity index (χ2v) is 10.9. The lowest BCUT2D eigenvalue weighted by Gasteiger charge is -2.35. The van der Waals surface area contributed by atoms with Crippen LogP contribution in [0.15, 0.2) is 33.7 Å². The standard InChI is InChI=1S/C24H33N3O6S/c1-17-23(18(2)33-25-17)34(29,30)27-12-6-9-20(15-27)24(28)26(16-21-10-7-13-32-21)14-19-8-4-5-11-22(19)31-3/h4-5,8,11,20-21H,6-7,9-10,12-16H2,1-3H3. The van der Waals surface area contributed by atoms with Crippen LogP contribution in [0.4, 0.5) is 0 Å². The first-order valence-electron chi connectivity index (χ1n) is 11.8. The van der Waals surface area contributed by atoms with Gasteiger partial charge in [-0.3, -0.25) is 4.79 Å². The van der Waals surface area contributed by atoms with Crippen molar-refractivity contribution in [1.82, 2.24) is 14.4 Å². The van der Waals surface area contributed by atoms with Crippen LogP contribution in [-0.2, 0) is 26.1 Å². The Morgan fingerprint density at radius 2 is 2.03 bits per heavy atom. The van der Waals surface area contributed by atoms with Crippen molar-refractivity contribution in [2.24, 2.45) is 5.92 Å². The van der Waals surface area contributed by atoms with Gasteiger partial charge in [0.25, 0.3) is 0 Å². The molecule has 2 aliphatic heterocycles. The molecule has 2 saturated heterocycles. The van der Waals surface area contributed by atoms with E-state index in [0.717, 1.165) is 24.2 Å². The summed E-state index contributed by atoms with van der Waals surface area (Å²) in [6.45, 7) is 5.28. The van der Waals surface area contributed by atoms with Crippen LogP contribution >= 0.6 is 0 Å². The molecule has 0 radical (unpaired) electrons. The van der Waals surface area contributed by atoms with Crippen molar-refractivity contribution >= 4 is 15.9 Å². The molecule has 186 valence electrons. The highest BCUT2D eigenvalue weighted by Gasteiger charge is 2.38. The van der Waals surface area contributed by atoms with Crippen molar-refractivity contribution < 1.29 is 27.2 Å². The molecule has 2 fully saturated rings. The van der Waals surface area contributed by atoms with Crippen LogP contribution in [0.1, 0.15) is 42.7 Å². The number of hydrogen-bond donors (Lipinski definition) is 0. The molecule has 2 atom stereocenters. The summed E-state index contributed by atoms with van der Waals surface area (Å²) < 4.78 is 44.5. The fraction of sp³-hybridized carbons (Fsp3) is 0.583. The first-order chi connectivity index (χ1) is 16.3. The number of ether oxygens (including phenoxy) is 2. The van der Waals surface area contributed by atoms with Crippen molar-refractivity contribution in [1.29, 1.82) is 0 Å². The number of nitrogens with zero attached hydrogens (tertiary/aromatic N) is 3. The molecule has 4 rings (SSSR count). The fourth-order valence-electron chi connectivity index (χ4n) is 4.90. The molecule has 34 heavy (non-hydrogen) atoms. The van der Waals surface area contributed by atoms with Gasteiger partial charge in [-0.2, -0.15) is 4.31 Å². The van der Waals surface area contributed by atoms with E-state index in [1.165, 1.54) is 4.31 Å². The zero-order valence-corrected chi connectivity index (χ0v) is 20.8. The Bertz CT molecular complexity index is 1090. The van der Waals surface area contributed by atoms with Gasteiger partial charge < -0.3 is 18.9 Å². The minimum Gasteiger partial charge on any atom is -0.496 e. The van der Waals surface area contributed by atoms with Gasteiger partial charge in [-0.15, -0.1) is 0 Å². The Labute approximate surface area is 201 Å². The van der Waals surface area contributed by atoms with Crippen molar-refractivity contribution in [3.05, 3.63) is 41.3 Å². The van der Waals surface area contributed by atoms with Crippen molar-refractivity contribution in [2.75, 3.05) is 33.4 Å². The minimum atomic E-state index is -3.80. The number of aromatic nitrogens is 1. The number of rotatable bonds is 8. The van der Waals surface area contributed by atoms with E-state index in [2.05, 4.69) is 5.16 Å². The number of piperidine rings is 1. The molecule has 3 heterocycles. The second-order valence-electron chi connectivity index (χ2n) is 9.02. The number of benzene rings is 1. The molecule has 1 aromatic carbocycles. The Kier molecular flexibility index (Phi) is 7.59. The molecule has 1 aromatic heterocycles. The average molecular weight is 492 g/mol. The van der Waals surface area contributed by atoms with Gasteiger partial charge in [0.05, 0.1) is 19.1 Å². The third-order valence-electron chi connectivity index (χ3n) is 6.61. The van der Waals surface area contributed by atoms with Crippen molar-refractivity contribution in [3.63, 3.8) is 0 Å². The van der Waals surface area contributed by atoms with Crippen molar-refractivity contribution in [3.8, 4) is 5.75 Å². The van der Waals surface area contributed by atoms with Crippen LogP contribution in [0.3, 0.4) is 0 Å². The number of amides is 1. The highest BCUT2D eigenvalue weighted by Crippen LogP contribution is 2.30. The monoisotopic (exact) mass is 491 g/mol. The van der Waals surface area contributed by atoms with E-state index in [1.807, 2.05) is 29.2 Å². The molecule has 2 aliphatic rings. The van der Waals surface area contributed by atoms with Crippen molar-refractivity contribution in [2.45, 2.75) is 57.1 Å². The molecule has 0 N–H and O–H groups in total. The minimum absolute atomic E-state index is 0.00983. The molecule has 2 unspecified atom stereocenters. The lowest BCUT2D eigenvalue weighted by molar-refractivity contribution is -0.139. The highest BCUT2D eigenvalue weighted by atomic mass is 32.2. The Hall–Kier alpha value is -2.43. The number of carbonyl (C=O) groups is 1. The van der Waals surface area contributed by atoms with Crippen LogP contribution in [0, 0.1) is 19.8 Å². The molecule has 2 aromatic rings. The van der Waals surface area contributed by atoms with E-state index in [-0.39, 0.29) is 29.2 Å². The smallest absolute Gasteiger partial charge is 0.248 e. The first kappa shape index (κ1) is 24.7. The van der Waals surface area contributed by atoms with Crippen LogP contribution in [0.2, 0.25) is 0 Å². The second kappa shape index (κ2) is 10.5. The normalized spacial score (nSPS) is 21.5. The van der Waals surface area contributed by atoms with E-state index < -0.39 is 15.9 Å². The SMILES string of the molecule is COc1ccccc1CN(CC1CCCO1)C(=O)C1CCCN(S(=O)(=O)c2c(C)noc2C)C1. The summed E-state index contributed by atoms with van der Waals surface area (Å²) in [6, 6.07) is 7.64. The average Bonchev–Trinajstić information content (AvgIpc) is 3.47. The number of sulfonamides is 1. The van der Waals surface area contributed by atoms with Gasteiger partial charge in [0.2, 0.25) is 15.9 Å². The number of carbonyl (C=O) groups excluding carboxylic acids is 1. The van der Waals surface area contributed by atoms with Gasteiger partial charge in [-0.1, -0.05) is 23.4 Å². The zero-order chi connectivity index (χ0) is 24.3. The van der Waals surface area contributed by atoms with E-state index in [4.69, 9.17) is 14.0 Å². The number of aryl methyl sites for hydroxylation is 2. The molecule has 0 saturated carbocycles.